The molecule has 4 aromatic heterocycles. The van der Waals surface area contributed by atoms with Gasteiger partial charge in [-0.25, -0.2) is 0 Å². The number of nitrogens with zero attached hydrogens (tertiary/aromatic N) is 4. The molecule has 0 spiro atoms. The van der Waals surface area contributed by atoms with Crippen molar-refractivity contribution < 1.29 is 33.0 Å². The van der Waals surface area contributed by atoms with Gasteiger partial charge in [-0.3, -0.25) is 14.4 Å². The zero-order chi connectivity index (χ0) is 35.9. The van der Waals surface area contributed by atoms with Crippen molar-refractivity contribution in [3.63, 3.8) is 0 Å². The number of rotatable bonds is 5. The van der Waals surface area contributed by atoms with Gasteiger partial charge in [0, 0.05) is 53.5 Å². The monoisotopic (exact) mass is 826 g/mol. The molecule has 0 unspecified atom stereocenters. The molecule has 0 aliphatic carbocycles. The van der Waals surface area contributed by atoms with Crippen LogP contribution in [0.25, 0.3) is 61.3 Å². The molecule has 0 aliphatic heterocycles. The number of hydrogen-bond acceptors (Lipinski definition) is 4. The summed E-state index contributed by atoms with van der Waals surface area (Å²) in [6.45, 7) is 6.81. The van der Waals surface area contributed by atoms with Crippen LogP contribution in [0.2, 0.25) is 0 Å². The quantitative estimate of drug-likeness (QED) is 0.162. The molecule has 8 aromatic rings. The van der Waals surface area contributed by atoms with E-state index in [-0.39, 0.29) is 31.5 Å². The fourth-order valence-corrected chi connectivity index (χ4v) is 6.06. The molecule has 0 fully saturated rings. The molecule has 247 valence electrons. The first-order valence-corrected chi connectivity index (χ1v) is 15.9. The number of furan rings is 1. The summed E-state index contributed by atoms with van der Waals surface area (Å²) in [5.74, 6) is 1.15. The molecule has 5 nitrogen and oxygen atoms in total. The zero-order valence-electron chi connectivity index (χ0n) is 30.5. The molecular weight excluding hydrogens is 788 g/mol. The van der Waals surface area contributed by atoms with Crippen LogP contribution in [0.3, 0.4) is 0 Å². The van der Waals surface area contributed by atoms with E-state index < -0.39 is 6.85 Å². The minimum absolute atomic E-state index is 0. The number of fused-ring (bicyclic) bond motifs is 4. The Morgan fingerprint density at radius 1 is 0.837 bits per heavy atom. The smallest absolute Gasteiger partial charge is 0.120 e. The van der Waals surface area contributed by atoms with Gasteiger partial charge in [0.1, 0.15) is 5.58 Å². The summed E-state index contributed by atoms with van der Waals surface area (Å²) >= 11 is 0. The average molecular weight is 826 g/mol. The van der Waals surface area contributed by atoms with Gasteiger partial charge in [-0.2, -0.15) is 0 Å². The molecule has 0 aliphatic rings. The Morgan fingerprint density at radius 2 is 1.63 bits per heavy atom. The minimum Gasteiger partial charge on any atom is -0.501 e. The number of halogens is 1. The Labute approximate surface area is 303 Å². The van der Waals surface area contributed by atoms with Gasteiger partial charge in [0.2, 0.25) is 0 Å². The molecule has 0 amide bonds. The third-order valence-electron chi connectivity index (χ3n) is 8.40. The third-order valence-corrected chi connectivity index (χ3v) is 8.40. The standard InChI is InChI=1S/C30H26N3O.C12H9FN.Ir/c1-18(2)20-10-7-11-21(19(3)4)28(20)33-26-17-31-16-15-25(26)32-30(33)24-13-8-12-23-22-9-5-6-14-27(22)34-29(23)24;1-9-2-7-12(14-8-9)10-3-5-11(13)6-4-10;/h5-12,14-19H,1-4H3;2-3,5-8H,1H3;/q2*-1;/i;1D3;. The largest absolute Gasteiger partial charge is 0.501 e. The first kappa shape index (κ1) is 30.1. The predicted molar refractivity (Wildman–Crippen MR) is 192 cm³/mol. The maximum absolute atomic E-state index is 12.7. The van der Waals surface area contributed by atoms with Crippen LogP contribution in [0.15, 0.2) is 114 Å². The molecule has 49 heavy (non-hydrogen) atoms. The second-order valence-corrected chi connectivity index (χ2v) is 12.3. The van der Waals surface area contributed by atoms with E-state index in [4.69, 9.17) is 13.5 Å². The SMILES string of the molecule is CC(C)c1cccc(C(C)C)c1-n1c(-c2[c-]ccc3c2oc2ccccc23)nc2ccncc21.[2H]C([2H])([2H])c1ccc(-c2[c-]cc(F)cc2)nc1.[Ir]. The van der Waals surface area contributed by atoms with Crippen LogP contribution >= 0.6 is 0 Å². The van der Waals surface area contributed by atoms with E-state index in [1.165, 1.54) is 41.2 Å². The number of aryl methyl sites for hydroxylation is 1. The summed E-state index contributed by atoms with van der Waals surface area (Å²) in [6.07, 6.45) is 5.01. The van der Waals surface area contributed by atoms with Crippen molar-refractivity contribution in [2.75, 3.05) is 0 Å². The molecule has 0 saturated carbocycles. The normalized spacial score (nSPS) is 12.4. The molecular formula is C42H35FIrN4O-2. The predicted octanol–water partition coefficient (Wildman–Crippen LogP) is 11.0. The van der Waals surface area contributed by atoms with Crippen molar-refractivity contribution in [1.29, 1.82) is 0 Å². The number of para-hydroxylation sites is 2. The molecule has 4 aromatic carbocycles. The molecule has 4 heterocycles. The number of hydrogen-bond donors (Lipinski definition) is 0. The van der Waals surface area contributed by atoms with Gasteiger partial charge in [-0.05, 0) is 53.2 Å². The Morgan fingerprint density at radius 3 is 2.33 bits per heavy atom. The Bertz CT molecular complexity index is 2460. The Hall–Kier alpha value is -4.97. The van der Waals surface area contributed by atoms with E-state index in [1.807, 2.05) is 36.5 Å². The van der Waals surface area contributed by atoms with Crippen LogP contribution in [-0.2, 0) is 20.1 Å². The number of pyridine rings is 2. The number of benzene rings is 4. The van der Waals surface area contributed by atoms with Gasteiger partial charge in [0.15, 0.2) is 0 Å². The number of aromatic nitrogens is 4. The summed E-state index contributed by atoms with van der Waals surface area (Å²) in [6, 6.07) is 34.1. The van der Waals surface area contributed by atoms with Crippen molar-refractivity contribution in [2.24, 2.45) is 0 Å². The number of imidazole rings is 1. The van der Waals surface area contributed by atoms with Gasteiger partial charge in [-0.15, -0.1) is 48.0 Å². The molecule has 0 saturated heterocycles. The molecule has 8 rings (SSSR count). The third kappa shape index (κ3) is 6.57. The van der Waals surface area contributed by atoms with Crippen molar-refractivity contribution >= 4 is 33.0 Å². The second kappa shape index (κ2) is 14.3. The van der Waals surface area contributed by atoms with Gasteiger partial charge in [0.25, 0.3) is 0 Å². The summed E-state index contributed by atoms with van der Waals surface area (Å²) in [5.41, 5.74) is 9.55. The fourth-order valence-electron chi connectivity index (χ4n) is 6.06. The van der Waals surface area contributed by atoms with Crippen molar-refractivity contribution in [3.8, 4) is 28.3 Å². The maximum atomic E-state index is 12.7. The van der Waals surface area contributed by atoms with Gasteiger partial charge in [-0.1, -0.05) is 87.2 Å². The van der Waals surface area contributed by atoms with E-state index in [2.05, 4.69) is 84.7 Å². The Balaban J connectivity index is 0.000000218. The van der Waals surface area contributed by atoms with E-state index in [1.54, 1.807) is 18.3 Å². The second-order valence-electron chi connectivity index (χ2n) is 12.3. The van der Waals surface area contributed by atoms with E-state index in [0.717, 1.165) is 44.4 Å². The van der Waals surface area contributed by atoms with E-state index in [0.29, 0.717) is 23.1 Å². The fraction of sp³-hybridized carbons (Fsp3) is 0.167. The molecule has 0 atom stereocenters. The molecule has 0 bridgehead atoms. The van der Waals surface area contributed by atoms with Crippen LogP contribution < -0.4 is 0 Å². The first-order valence-electron chi connectivity index (χ1n) is 17.4. The van der Waals surface area contributed by atoms with Gasteiger partial charge >= 0.3 is 0 Å². The first-order chi connectivity index (χ1) is 24.5. The van der Waals surface area contributed by atoms with Crippen LogP contribution in [-0.4, -0.2) is 19.5 Å². The summed E-state index contributed by atoms with van der Waals surface area (Å²) < 4.78 is 43.0. The molecule has 7 heteroatoms. The van der Waals surface area contributed by atoms with Crippen LogP contribution in [0, 0.1) is 24.8 Å². The van der Waals surface area contributed by atoms with E-state index >= 15 is 0 Å². The summed E-state index contributed by atoms with van der Waals surface area (Å²) in [5, 5.41) is 2.17. The van der Waals surface area contributed by atoms with Crippen molar-refractivity contribution in [3.05, 3.63) is 144 Å². The van der Waals surface area contributed by atoms with Gasteiger partial charge < -0.3 is 14.0 Å². The maximum Gasteiger partial charge on any atom is 0.120 e. The van der Waals surface area contributed by atoms with Crippen LogP contribution in [0.4, 0.5) is 4.39 Å². The summed E-state index contributed by atoms with van der Waals surface area (Å²) in [4.78, 5) is 13.6. The van der Waals surface area contributed by atoms with Crippen molar-refractivity contribution in [1.82, 2.24) is 19.5 Å². The topological polar surface area (TPSA) is 56.7 Å². The molecule has 0 N–H and O–H groups in total. The Kier molecular flexibility index (Phi) is 8.76. The minimum atomic E-state index is -2.15. The van der Waals surface area contributed by atoms with Crippen LogP contribution in [0.1, 0.15) is 60.3 Å². The van der Waals surface area contributed by atoms with Crippen LogP contribution in [0.5, 0.6) is 0 Å². The van der Waals surface area contributed by atoms with E-state index in [9.17, 15) is 4.39 Å². The van der Waals surface area contributed by atoms with Gasteiger partial charge in [0.05, 0.1) is 28.6 Å². The average Bonchev–Trinajstić information content (AvgIpc) is 3.70. The molecule has 1 radical (unpaired) electrons. The zero-order valence-corrected chi connectivity index (χ0v) is 29.9. The summed E-state index contributed by atoms with van der Waals surface area (Å²) in [7, 11) is 0. The van der Waals surface area contributed by atoms with Crippen molar-refractivity contribution in [2.45, 2.75) is 46.4 Å².